The maximum Gasteiger partial charge on any atom is 0.238 e. The minimum Gasteiger partial charge on any atom is -0.493 e. The van der Waals surface area contributed by atoms with Gasteiger partial charge in [0.25, 0.3) is 0 Å². The zero-order chi connectivity index (χ0) is 19.9. The number of rotatable bonds is 7. The molecule has 0 aromatic heterocycles. The van der Waals surface area contributed by atoms with Crippen LogP contribution in [0, 0.1) is 5.82 Å². The van der Waals surface area contributed by atoms with Gasteiger partial charge in [-0.2, -0.15) is 0 Å². The first kappa shape index (κ1) is 20.1. The van der Waals surface area contributed by atoms with Crippen molar-refractivity contribution in [3.8, 4) is 11.5 Å². The molecule has 0 atom stereocenters. The van der Waals surface area contributed by atoms with E-state index in [-0.39, 0.29) is 11.7 Å². The number of piperazine rings is 1. The Kier molecular flexibility index (Phi) is 6.84. The lowest BCUT2D eigenvalue weighted by Crippen LogP contribution is -2.48. The molecule has 2 aromatic rings. The molecular weight excluding hydrogens is 361 g/mol. The Bertz CT molecular complexity index is 807. The van der Waals surface area contributed by atoms with Gasteiger partial charge in [0.1, 0.15) is 5.82 Å². The van der Waals surface area contributed by atoms with E-state index in [2.05, 4.69) is 15.1 Å². The summed E-state index contributed by atoms with van der Waals surface area (Å²) < 4.78 is 23.8. The molecule has 2 aromatic carbocycles. The summed E-state index contributed by atoms with van der Waals surface area (Å²) in [6.07, 6.45) is 0. The van der Waals surface area contributed by atoms with Gasteiger partial charge in [-0.1, -0.05) is 12.1 Å². The van der Waals surface area contributed by atoms with E-state index in [9.17, 15) is 9.18 Å². The largest absolute Gasteiger partial charge is 0.493 e. The van der Waals surface area contributed by atoms with Gasteiger partial charge in [-0.15, -0.1) is 0 Å². The number of hydrogen-bond donors (Lipinski definition) is 1. The van der Waals surface area contributed by atoms with Crippen LogP contribution in [0.2, 0.25) is 0 Å². The summed E-state index contributed by atoms with van der Waals surface area (Å²) >= 11 is 0. The van der Waals surface area contributed by atoms with E-state index in [1.165, 1.54) is 12.1 Å². The van der Waals surface area contributed by atoms with Crippen LogP contribution in [-0.4, -0.2) is 62.7 Å². The van der Waals surface area contributed by atoms with Crippen molar-refractivity contribution < 1.29 is 18.7 Å². The number of benzene rings is 2. The SMILES string of the molecule is COc1ccc(CN2CCN(CC(=O)Nc3cccc(F)c3)CC2)cc1OC. The highest BCUT2D eigenvalue weighted by atomic mass is 19.1. The first-order valence-electron chi connectivity index (χ1n) is 9.28. The molecule has 1 fully saturated rings. The molecule has 28 heavy (non-hydrogen) atoms. The lowest BCUT2D eigenvalue weighted by atomic mass is 10.1. The van der Waals surface area contributed by atoms with Crippen molar-refractivity contribution >= 4 is 11.6 Å². The number of carbonyl (C=O) groups excluding carboxylic acids is 1. The van der Waals surface area contributed by atoms with Gasteiger partial charge in [-0.25, -0.2) is 4.39 Å². The monoisotopic (exact) mass is 387 g/mol. The third-order valence-corrected chi connectivity index (χ3v) is 4.79. The number of carbonyl (C=O) groups is 1. The van der Waals surface area contributed by atoms with E-state index in [0.29, 0.717) is 12.2 Å². The second kappa shape index (κ2) is 9.52. The van der Waals surface area contributed by atoms with Crippen molar-refractivity contribution in [2.24, 2.45) is 0 Å². The molecule has 0 bridgehead atoms. The van der Waals surface area contributed by atoms with E-state index >= 15 is 0 Å². The van der Waals surface area contributed by atoms with Crippen molar-refractivity contribution in [3.63, 3.8) is 0 Å². The number of halogens is 1. The normalized spacial score (nSPS) is 15.2. The van der Waals surface area contributed by atoms with Gasteiger partial charge in [0.05, 0.1) is 20.8 Å². The molecule has 0 spiro atoms. The Morgan fingerprint density at radius 3 is 2.39 bits per heavy atom. The smallest absolute Gasteiger partial charge is 0.238 e. The molecule has 0 unspecified atom stereocenters. The van der Waals surface area contributed by atoms with Crippen LogP contribution in [0.3, 0.4) is 0 Å². The van der Waals surface area contributed by atoms with Gasteiger partial charge in [0.15, 0.2) is 11.5 Å². The Labute approximate surface area is 164 Å². The second-order valence-corrected chi connectivity index (χ2v) is 6.80. The Morgan fingerprint density at radius 2 is 1.71 bits per heavy atom. The molecule has 1 aliphatic rings. The number of amides is 1. The minimum atomic E-state index is -0.360. The summed E-state index contributed by atoms with van der Waals surface area (Å²) in [6.45, 7) is 4.50. The van der Waals surface area contributed by atoms with Crippen LogP contribution in [0.5, 0.6) is 11.5 Å². The van der Waals surface area contributed by atoms with E-state index in [1.807, 2.05) is 18.2 Å². The van der Waals surface area contributed by atoms with Crippen LogP contribution in [0.1, 0.15) is 5.56 Å². The topological polar surface area (TPSA) is 54.0 Å². The quantitative estimate of drug-likeness (QED) is 0.792. The van der Waals surface area contributed by atoms with Gasteiger partial charge >= 0.3 is 0 Å². The highest BCUT2D eigenvalue weighted by Crippen LogP contribution is 2.28. The minimum absolute atomic E-state index is 0.126. The highest BCUT2D eigenvalue weighted by molar-refractivity contribution is 5.92. The predicted octanol–water partition coefficient (Wildman–Crippen LogP) is 2.60. The number of methoxy groups -OCH3 is 2. The third kappa shape index (κ3) is 5.43. The summed E-state index contributed by atoms with van der Waals surface area (Å²) in [5, 5.41) is 2.74. The molecular formula is C21H26FN3O3. The van der Waals surface area contributed by atoms with E-state index in [0.717, 1.165) is 49.8 Å². The van der Waals surface area contributed by atoms with Crippen LogP contribution in [-0.2, 0) is 11.3 Å². The van der Waals surface area contributed by atoms with Gasteiger partial charge in [-0.3, -0.25) is 14.6 Å². The van der Waals surface area contributed by atoms with E-state index in [1.54, 1.807) is 26.4 Å². The van der Waals surface area contributed by atoms with Crippen LogP contribution in [0.4, 0.5) is 10.1 Å². The molecule has 0 aliphatic carbocycles. The van der Waals surface area contributed by atoms with Crippen molar-refractivity contribution in [1.82, 2.24) is 9.80 Å². The summed E-state index contributed by atoms with van der Waals surface area (Å²) in [5.74, 6) is 0.966. The molecule has 1 saturated heterocycles. The summed E-state index contributed by atoms with van der Waals surface area (Å²) in [5.41, 5.74) is 1.65. The maximum atomic E-state index is 13.2. The van der Waals surface area contributed by atoms with E-state index < -0.39 is 0 Å². The lowest BCUT2D eigenvalue weighted by molar-refractivity contribution is -0.117. The number of hydrogen-bond acceptors (Lipinski definition) is 5. The second-order valence-electron chi connectivity index (χ2n) is 6.80. The zero-order valence-electron chi connectivity index (χ0n) is 16.3. The van der Waals surface area contributed by atoms with Crippen LogP contribution in [0.15, 0.2) is 42.5 Å². The molecule has 7 heteroatoms. The summed E-state index contributed by atoms with van der Waals surface area (Å²) in [7, 11) is 3.26. The maximum absolute atomic E-state index is 13.2. The average Bonchev–Trinajstić information content (AvgIpc) is 2.69. The molecule has 150 valence electrons. The fourth-order valence-corrected chi connectivity index (χ4v) is 3.31. The molecule has 3 rings (SSSR count). The number of ether oxygens (including phenoxy) is 2. The predicted molar refractivity (Wildman–Crippen MR) is 106 cm³/mol. The van der Waals surface area contributed by atoms with Gasteiger partial charge in [-0.05, 0) is 35.9 Å². The van der Waals surface area contributed by atoms with Crippen molar-refractivity contribution in [2.75, 3.05) is 52.3 Å². The van der Waals surface area contributed by atoms with Crippen molar-refractivity contribution in [2.45, 2.75) is 6.54 Å². The fourth-order valence-electron chi connectivity index (χ4n) is 3.31. The van der Waals surface area contributed by atoms with Gasteiger partial charge < -0.3 is 14.8 Å². The zero-order valence-corrected chi connectivity index (χ0v) is 16.3. The fraction of sp³-hybridized carbons (Fsp3) is 0.381. The first-order chi connectivity index (χ1) is 13.6. The van der Waals surface area contributed by atoms with E-state index in [4.69, 9.17) is 9.47 Å². The Hall–Kier alpha value is -2.64. The standard InChI is InChI=1S/C21H26FN3O3/c1-27-19-7-6-16(12-20(19)28-2)14-24-8-10-25(11-9-24)15-21(26)23-18-5-3-4-17(22)13-18/h3-7,12-13H,8-11,14-15H2,1-2H3,(H,23,26). The van der Waals surface area contributed by atoms with Gasteiger partial charge in [0, 0.05) is 38.4 Å². The number of nitrogens with one attached hydrogen (secondary N) is 1. The first-order valence-corrected chi connectivity index (χ1v) is 9.28. The molecule has 1 amide bonds. The van der Waals surface area contributed by atoms with Crippen molar-refractivity contribution in [1.29, 1.82) is 0 Å². The summed E-state index contributed by atoms with van der Waals surface area (Å²) in [4.78, 5) is 16.6. The van der Waals surface area contributed by atoms with Crippen LogP contribution < -0.4 is 14.8 Å². The van der Waals surface area contributed by atoms with Crippen LogP contribution >= 0.6 is 0 Å². The molecule has 0 radical (unpaired) electrons. The molecule has 0 saturated carbocycles. The highest BCUT2D eigenvalue weighted by Gasteiger charge is 2.19. The molecule has 1 N–H and O–H groups in total. The molecule has 1 heterocycles. The Morgan fingerprint density at radius 1 is 1.00 bits per heavy atom. The molecule has 1 aliphatic heterocycles. The molecule has 6 nitrogen and oxygen atoms in total. The lowest BCUT2D eigenvalue weighted by Gasteiger charge is -2.34. The Balaban J connectivity index is 1.46. The number of nitrogens with zero attached hydrogens (tertiary/aromatic N) is 2. The van der Waals surface area contributed by atoms with Gasteiger partial charge in [0.2, 0.25) is 5.91 Å². The average molecular weight is 387 g/mol. The van der Waals surface area contributed by atoms with Crippen LogP contribution in [0.25, 0.3) is 0 Å². The summed E-state index contributed by atoms with van der Waals surface area (Å²) in [6, 6.07) is 11.9. The third-order valence-electron chi connectivity index (χ3n) is 4.79. The number of anilines is 1. The van der Waals surface area contributed by atoms with Crippen molar-refractivity contribution in [3.05, 3.63) is 53.8 Å².